The lowest BCUT2D eigenvalue weighted by molar-refractivity contribution is -0.119. The SMILES string of the molecule is COCC(=O)Nc1ccc(N2C(=S)N[C@@H](c3ccccn3)[C@H]2c2ccc3c(c2)C(C)=CC(C)(C)N3C)cc1C. The molecule has 1 saturated heterocycles. The van der Waals surface area contributed by atoms with Crippen LogP contribution in [0.15, 0.2) is 66.9 Å². The maximum Gasteiger partial charge on any atom is 0.250 e. The van der Waals surface area contributed by atoms with Crippen molar-refractivity contribution in [2.45, 2.75) is 45.3 Å². The lowest BCUT2D eigenvalue weighted by Crippen LogP contribution is -2.42. The molecular weight excluding hydrogens is 506 g/mol. The molecule has 1 fully saturated rings. The van der Waals surface area contributed by atoms with Crippen molar-refractivity contribution in [2.75, 3.05) is 35.9 Å². The average Bonchev–Trinajstić information content (AvgIpc) is 3.25. The summed E-state index contributed by atoms with van der Waals surface area (Å²) in [5.74, 6) is -0.189. The monoisotopic (exact) mass is 541 g/mol. The van der Waals surface area contributed by atoms with Gasteiger partial charge in [0.25, 0.3) is 0 Å². The van der Waals surface area contributed by atoms with Crippen molar-refractivity contribution >= 4 is 45.9 Å². The molecule has 0 radical (unpaired) electrons. The number of methoxy groups -OCH3 is 1. The molecule has 5 rings (SSSR count). The van der Waals surface area contributed by atoms with Crippen molar-refractivity contribution in [2.24, 2.45) is 0 Å². The summed E-state index contributed by atoms with van der Waals surface area (Å²) in [5, 5.41) is 7.10. The number of nitrogens with zero attached hydrogens (tertiary/aromatic N) is 3. The molecule has 2 aliphatic heterocycles. The summed E-state index contributed by atoms with van der Waals surface area (Å²) in [4.78, 5) is 21.3. The van der Waals surface area contributed by atoms with E-state index in [1.807, 2.05) is 43.5 Å². The Morgan fingerprint density at radius 1 is 1.15 bits per heavy atom. The van der Waals surface area contributed by atoms with Crippen LogP contribution in [0.5, 0.6) is 0 Å². The van der Waals surface area contributed by atoms with Crippen LogP contribution in [-0.4, -0.2) is 42.3 Å². The number of amides is 1. The Bertz CT molecular complexity index is 1450. The second kappa shape index (κ2) is 10.4. The number of carbonyl (C=O) groups is 1. The van der Waals surface area contributed by atoms with Crippen LogP contribution in [0.25, 0.3) is 5.57 Å². The number of hydrogen-bond acceptors (Lipinski definition) is 5. The van der Waals surface area contributed by atoms with E-state index in [0.717, 1.165) is 28.2 Å². The fourth-order valence-electron chi connectivity index (χ4n) is 5.59. The quantitative estimate of drug-likeness (QED) is 0.383. The molecule has 0 spiro atoms. The molecule has 2 N–H and O–H groups in total. The largest absolute Gasteiger partial charge is 0.375 e. The number of pyridine rings is 1. The molecule has 2 atom stereocenters. The summed E-state index contributed by atoms with van der Waals surface area (Å²) in [6, 6.07) is 18.4. The summed E-state index contributed by atoms with van der Waals surface area (Å²) in [6.45, 7) is 8.63. The minimum absolute atomic E-state index is 0.00765. The first kappa shape index (κ1) is 26.8. The third-order valence-electron chi connectivity index (χ3n) is 7.72. The molecule has 1 aromatic heterocycles. The summed E-state index contributed by atoms with van der Waals surface area (Å²) in [6.07, 6.45) is 4.14. The number of likely N-dealkylation sites (N-methyl/N-ethyl adjacent to an activating group) is 1. The molecule has 1 amide bonds. The lowest BCUT2D eigenvalue weighted by atomic mass is 9.86. The third kappa shape index (κ3) is 5.02. The molecule has 0 unspecified atom stereocenters. The van der Waals surface area contributed by atoms with E-state index in [4.69, 9.17) is 17.0 Å². The standard InChI is InChI=1S/C31H35N5O2S/c1-19-15-22(11-12-24(19)33-27(37)18-38-6)36-29(28(34-30(36)39)25-9-7-8-14-32-25)21-10-13-26-23(16-21)20(2)17-31(3,4)35(26)5/h7-17,28-29H,18H2,1-6H3,(H,33,37)(H,34,39)/t28-,29+/m0/s1. The first-order chi connectivity index (χ1) is 18.6. The first-order valence-corrected chi connectivity index (χ1v) is 13.5. The normalized spacial score (nSPS) is 19.8. The van der Waals surface area contributed by atoms with Crippen LogP contribution >= 0.6 is 12.2 Å². The van der Waals surface area contributed by atoms with E-state index in [-0.39, 0.29) is 30.1 Å². The molecule has 2 aliphatic rings. The molecular formula is C31H35N5O2S. The topological polar surface area (TPSA) is 69.7 Å². The number of aryl methyl sites for hydroxylation is 1. The van der Waals surface area contributed by atoms with Crippen molar-refractivity contribution in [3.05, 3.63) is 89.3 Å². The second-order valence-corrected chi connectivity index (χ2v) is 11.2. The van der Waals surface area contributed by atoms with Gasteiger partial charge in [-0.25, -0.2) is 0 Å². The molecule has 202 valence electrons. The minimum atomic E-state index is -0.189. The van der Waals surface area contributed by atoms with Gasteiger partial charge in [-0.1, -0.05) is 18.2 Å². The number of allylic oxidation sites excluding steroid dienone is 1. The first-order valence-electron chi connectivity index (χ1n) is 13.1. The lowest BCUT2D eigenvalue weighted by Gasteiger charge is -2.41. The molecule has 3 aromatic rings. The van der Waals surface area contributed by atoms with Crippen LogP contribution < -0.4 is 20.4 Å². The van der Waals surface area contributed by atoms with Crippen LogP contribution in [0.4, 0.5) is 17.1 Å². The molecule has 0 bridgehead atoms. The van der Waals surface area contributed by atoms with Gasteiger partial charge in [-0.15, -0.1) is 0 Å². The predicted molar refractivity (Wildman–Crippen MR) is 162 cm³/mol. The van der Waals surface area contributed by atoms with Gasteiger partial charge in [0.2, 0.25) is 5.91 Å². The molecule has 7 nitrogen and oxygen atoms in total. The smallest absolute Gasteiger partial charge is 0.250 e. The van der Waals surface area contributed by atoms with E-state index in [0.29, 0.717) is 5.11 Å². The number of ether oxygens (including phenoxy) is 1. The summed E-state index contributed by atoms with van der Waals surface area (Å²) in [7, 11) is 3.65. The van der Waals surface area contributed by atoms with Crippen LogP contribution in [0, 0.1) is 6.92 Å². The third-order valence-corrected chi connectivity index (χ3v) is 8.03. The highest BCUT2D eigenvalue weighted by Gasteiger charge is 2.41. The van der Waals surface area contributed by atoms with Crippen molar-refractivity contribution in [3.8, 4) is 0 Å². The number of thiocarbonyl (C=S) groups is 1. The van der Waals surface area contributed by atoms with E-state index in [1.54, 1.807) is 0 Å². The Morgan fingerprint density at radius 3 is 2.64 bits per heavy atom. The molecule has 0 saturated carbocycles. The maximum absolute atomic E-state index is 12.1. The van der Waals surface area contributed by atoms with Gasteiger partial charge in [-0.2, -0.15) is 0 Å². The molecule has 0 aliphatic carbocycles. The minimum Gasteiger partial charge on any atom is -0.375 e. The Labute approximate surface area is 235 Å². The fourth-order valence-corrected chi connectivity index (χ4v) is 5.93. The van der Waals surface area contributed by atoms with Crippen LogP contribution in [0.2, 0.25) is 0 Å². The maximum atomic E-state index is 12.1. The Hall–Kier alpha value is -3.75. The Morgan fingerprint density at radius 2 is 1.95 bits per heavy atom. The van der Waals surface area contributed by atoms with Crippen LogP contribution in [0.1, 0.15) is 55.2 Å². The van der Waals surface area contributed by atoms with Gasteiger partial charge < -0.3 is 25.2 Å². The number of benzene rings is 2. The van der Waals surface area contributed by atoms with Crippen LogP contribution in [0.3, 0.4) is 0 Å². The van der Waals surface area contributed by atoms with E-state index >= 15 is 0 Å². The van der Waals surface area contributed by atoms with Gasteiger partial charge in [0.15, 0.2) is 5.11 Å². The van der Waals surface area contributed by atoms with Crippen molar-refractivity contribution < 1.29 is 9.53 Å². The summed E-state index contributed by atoms with van der Waals surface area (Å²) >= 11 is 5.93. The summed E-state index contributed by atoms with van der Waals surface area (Å²) < 4.78 is 4.96. The number of nitrogens with one attached hydrogen (secondary N) is 2. The fraction of sp³-hybridized carbons (Fsp3) is 0.323. The van der Waals surface area contributed by atoms with E-state index in [2.05, 4.69) is 83.6 Å². The number of hydrogen-bond donors (Lipinski definition) is 2. The number of fused-ring (bicyclic) bond motifs is 1. The van der Waals surface area contributed by atoms with Crippen molar-refractivity contribution in [1.82, 2.24) is 10.3 Å². The van der Waals surface area contributed by atoms with Gasteiger partial charge >= 0.3 is 0 Å². The molecule has 2 aromatic carbocycles. The van der Waals surface area contributed by atoms with Gasteiger partial charge in [0.05, 0.1) is 23.3 Å². The highest BCUT2D eigenvalue weighted by molar-refractivity contribution is 7.80. The van der Waals surface area contributed by atoms with Gasteiger partial charge in [0.1, 0.15) is 6.61 Å². The zero-order valence-corrected chi connectivity index (χ0v) is 24.1. The Kier molecular flexibility index (Phi) is 7.18. The van der Waals surface area contributed by atoms with E-state index < -0.39 is 0 Å². The summed E-state index contributed by atoms with van der Waals surface area (Å²) in [5.41, 5.74) is 8.34. The highest BCUT2D eigenvalue weighted by Crippen LogP contribution is 2.45. The predicted octanol–water partition coefficient (Wildman–Crippen LogP) is 5.78. The number of anilines is 3. The number of aromatic nitrogens is 1. The van der Waals surface area contributed by atoms with Gasteiger partial charge in [-0.05, 0) is 99.1 Å². The van der Waals surface area contributed by atoms with E-state index in [1.165, 1.54) is 23.9 Å². The van der Waals surface area contributed by atoms with Crippen molar-refractivity contribution in [1.29, 1.82) is 0 Å². The second-order valence-electron chi connectivity index (χ2n) is 10.8. The van der Waals surface area contributed by atoms with Crippen LogP contribution in [-0.2, 0) is 9.53 Å². The molecule has 8 heteroatoms. The number of carbonyl (C=O) groups excluding carboxylic acids is 1. The van der Waals surface area contributed by atoms with E-state index in [9.17, 15) is 4.79 Å². The number of rotatable bonds is 6. The van der Waals surface area contributed by atoms with Gasteiger partial charge in [-0.3, -0.25) is 9.78 Å². The zero-order valence-electron chi connectivity index (χ0n) is 23.3. The Balaban J connectivity index is 1.59. The molecule has 39 heavy (non-hydrogen) atoms. The van der Waals surface area contributed by atoms with Gasteiger partial charge in [0, 0.05) is 43.0 Å². The zero-order chi connectivity index (χ0) is 27.9. The van der Waals surface area contributed by atoms with Crippen molar-refractivity contribution in [3.63, 3.8) is 0 Å². The average molecular weight is 542 g/mol. The highest BCUT2D eigenvalue weighted by atomic mass is 32.1. The molecule has 3 heterocycles.